The van der Waals surface area contributed by atoms with Gasteiger partial charge in [0.2, 0.25) is 11.7 Å². The number of benzene rings is 1. The highest BCUT2D eigenvalue weighted by atomic mass is 16.5. The molecule has 1 amide bonds. The van der Waals surface area contributed by atoms with Crippen molar-refractivity contribution in [2.24, 2.45) is 5.92 Å². The van der Waals surface area contributed by atoms with Crippen LogP contribution in [-0.4, -0.2) is 60.9 Å². The number of likely N-dealkylation sites (tertiary alicyclic amines) is 1. The summed E-state index contributed by atoms with van der Waals surface area (Å²) >= 11 is 0. The van der Waals surface area contributed by atoms with Gasteiger partial charge < -0.3 is 24.1 Å². The van der Waals surface area contributed by atoms with Crippen molar-refractivity contribution in [2.75, 3.05) is 27.4 Å². The highest BCUT2D eigenvalue weighted by Gasteiger charge is 2.42. The van der Waals surface area contributed by atoms with Gasteiger partial charge in [-0.3, -0.25) is 14.4 Å². The van der Waals surface area contributed by atoms with Crippen molar-refractivity contribution in [3.8, 4) is 5.75 Å². The van der Waals surface area contributed by atoms with Crippen LogP contribution < -0.4 is 4.74 Å². The van der Waals surface area contributed by atoms with Crippen molar-refractivity contribution in [1.29, 1.82) is 0 Å². The Balaban J connectivity index is 1.84. The van der Waals surface area contributed by atoms with Crippen LogP contribution in [0.3, 0.4) is 0 Å². The van der Waals surface area contributed by atoms with Crippen LogP contribution in [0.15, 0.2) is 24.3 Å². The molecule has 2 heterocycles. The summed E-state index contributed by atoms with van der Waals surface area (Å²) in [6, 6.07) is 6.77. The van der Waals surface area contributed by atoms with Gasteiger partial charge in [-0.15, -0.1) is 0 Å². The molecule has 0 saturated carbocycles. The number of hydrogen-bond donors (Lipinski definition) is 1. The number of nitrogens with zero attached hydrogens (tertiary/aromatic N) is 1. The zero-order chi connectivity index (χ0) is 26.4. The molecule has 2 unspecified atom stereocenters. The minimum absolute atomic E-state index is 0.0210. The number of aromatic amines is 1. The van der Waals surface area contributed by atoms with Gasteiger partial charge in [-0.1, -0.05) is 31.5 Å². The molecule has 0 spiro atoms. The van der Waals surface area contributed by atoms with Crippen LogP contribution in [0.5, 0.6) is 5.75 Å². The first kappa shape index (κ1) is 27.0. The molecule has 2 atom stereocenters. The second-order valence-electron chi connectivity index (χ2n) is 8.92. The lowest BCUT2D eigenvalue weighted by molar-refractivity contribution is -0.156. The second kappa shape index (κ2) is 11.9. The van der Waals surface area contributed by atoms with Gasteiger partial charge in [0.1, 0.15) is 5.75 Å². The average Bonchev–Trinajstić information content (AvgIpc) is 3.19. The predicted octanol–water partition coefficient (Wildman–Crippen LogP) is 3.93. The Hall–Kier alpha value is -3.62. The number of carbonyl (C=O) groups is 4. The molecule has 1 aromatic carbocycles. The van der Waals surface area contributed by atoms with Gasteiger partial charge in [-0.2, -0.15) is 0 Å². The van der Waals surface area contributed by atoms with Gasteiger partial charge in [0.05, 0.1) is 37.4 Å². The van der Waals surface area contributed by atoms with E-state index in [1.807, 2.05) is 25.1 Å². The normalized spacial score (nSPS) is 17.6. The summed E-state index contributed by atoms with van der Waals surface area (Å²) < 4.78 is 15.8. The van der Waals surface area contributed by atoms with Crippen molar-refractivity contribution in [2.45, 2.75) is 52.5 Å². The van der Waals surface area contributed by atoms with E-state index in [4.69, 9.17) is 14.2 Å². The van der Waals surface area contributed by atoms with E-state index >= 15 is 0 Å². The smallest absolute Gasteiger partial charge is 0.339 e. The fourth-order valence-electron chi connectivity index (χ4n) is 4.84. The van der Waals surface area contributed by atoms with E-state index in [0.717, 1.165) is 18.4 Å². The molecule has 1 fully saturated rings. The third-order valence-electron chi connectivity index (χ3n) is 6.67. The Labute approximate surface area is 211 Å². The molecule has 36 heavy (non-hydrogen) atoms. The van der Waals surface area contributed by atoms with Crippen LogP contribution >= 0.6 is 0 Å². The molecule has 194 valence electrons. The SMILES string of the molecule is CCCCN1C(=O)CCC(C(=O)OCC(=O)c2[nH]c(C)c(C(=O)OC)c2C)C1c1ccccc1OC. The highest BCUT2D eigenvalue weighted by molar-refractivity contribution is 6.02. The summed E-state index contributed by atoms with van der Waals surface area (Å²) in [5.41, 5.74) is 2.17. The number of Topliss-reactive ketones (excluding diaryl/α,β-unsaturated/α-hetero) is 1. The summed E-state index contributed by atoms with van der Waals surface area (Å²) in [5.74, 6) is -1.64. The van der Waals surface area contributed by atoms with E-state index in [1.54, 1.807) is 31.9 Å². The van der Waals surface area contributed by atoms with Crippen LogP contribution in [0, 0.1) is 19.8 Å². The molecular formula is C27H34N2O7. The number of ketones is 1. The number of carbonyl (C=O) groups excluding carboxylic acids is 4. The molecule has 3 rings (SSSR count). The molecule has 1 aliphatic heterocycles. The Kier molecular flexibility index (Phi) is 8.90. The number of amides is 1. The van der Waals surface area contributed by atoms with Crippen molar-refractivity contribution < 1.29 is 33.4 Å². The number of para-hydroxylation sites is 1. The van der Waals surface area contributed by atoms with E-state index in [9.17, 15) is 19.2 Å². The first-order chi connectivity index (χ1) is 17.2. The molecule has 1 aliphatic rings. The molecule has 9 nitrogen and oxygen atoms in total. The molecule has 1 saturated heterocycles. The quantitative estimate of drug-likeness (QED) is 0.390. The van der Waals surface area contributed by atoms with Gasteiger partial charge in [0.25, 0.3) is 0 Å². The van der Waals surface area contributed by atoms with Gasteiger partial charge in [0, 0.05) is 24.2 Å². The summed E-state index contributed by atoms with van der Waals surface area (Å²) in [6.45, 7) is 5.38. The molecule has 1 aromatic heterocycles. The standard InChI is InChI=1S/C27H34N2O7/c1-6-7-14-29-22(31)13-12-19(25(29)18-10-8-9-11-21(18)34-4)26(32)36-15-20(30)24-16(2)23(17(3)28-24)27(33)35-5/h8-11,19,25,28H,6-7,12-15H2,1-5H3. The number of methoxy groups -OCH3 is 2. The summed E-state index contributed by atoms with van der Waals surface area (Å²) in [4.78, 5) is 55.8. The Morgan fingerprint density at radius 3 is 2.53 bits per heavy atom. The van der Waals surface area contributed by atoms with Crippen LogP contribution in [0.2, 0.25) is 0 Å². The monoisotopic (exact) mass is 498 g/mol. The second-order valence-corrected chi connectivity index (χ2v) is 8.92. The third kappa shape index (κ3) is 5.45. The molecule has 2 aromatic rings. The maximum Gasteiger partial charge on any atom is 0.339 e. The molecule has 9 heteroatoms. The third-order valence-corrected chi connectivity index (χ3v) is 6.67. The predicted molar refractivity (Wildman–Crippen MR) is 132 cm³/mol. The average molecular weight is 499 g/mol. The van der Waals surface area contributed by atoms with E-state index in [2.05, 4.69) is 4.98 Å². The van der Waals surface area contributed by atoms with Gasteiger partial charge >= 0.3 is 11.9 Å². The van der Waals surface area contributed by atoms with Crippen LogP contribution in [0.25, 0.3) is 0 Å². The fraction of sp³-hybridized carbons (Fsp3) is 0.481. The topological polar surface area (TPSA) is 115 Å². The fourth-order valence-corrected chi connectivity index (χ4v) is 4.84. The highest BCUT2D eigenvalue weighted by Crippen LogP contribution is 2.41. The zero-order valence-corrected chi connectivity index (χ0v) is 21.5. The van der Waals surface area contributed by atoms with Gasteiger partial charge in [-0.25, -0.2) is 4.79 Å². The van der Waals surface area contributed by atoms with Crippen LogP contribution in [0.4, 0.5) is 0 Å². The van der Waals surface area contributed by atoms with Crippen molar-refractivity contribution >= 4 is 23.6 Å². The minimum atomic E-state index is -0.652. The molecule has 0 bridgehead atoms. The Morgan fingerprint density at radius 1 is 1.14 bits per heavy atom. The summed E-state index contributed by atoms with van der Waals surface area (Å²) in [7, 11) is 2.82. The number of nitrogens with one attached hydrogen (secondary N) is 1. The lowest BCUT2D eigenvalue weighted by atomic mass is 9.83. The maximum absolute atomic E-state index is 13.3. The number of piperidine rings is 1. The largest absolute Gasteiger partial charge is 0.496 e. The number of hydrogen-bond acceptors (Lipinski definition) is 7. The van der Waals surface area contributed by atoms with E-state index in [-0.39, 0.29) is 18.0 Å². The number of aromatic nitrogens is 1. The molecular weight excluding hydrogens is 464 g/mol. The van der Waals surface area contributed by atoms with Crippen LogP contribution in [-0.2, 0) is 19.1 Å². The number of ether oxygens (including phenoxy) is 3. The number of esters is 2. The lowest BCUT2D eigenvalue weighted by Gasteiger charge is -2.40. The first-order valence-electron chi connectivity index (χ1n) is 12.1. The molecule has 1 N–H and O–H groups in total. The van der Waals surface area contributed by atoms with Gasteiger partial charge in [0.15, 0.2) is 6.61 Å². The Bertz CT molecular complexity index is 1140. The maximum atomic E-state index is 13.3. The molecule has 0 aliphatic carbocycles. The zero-order valence-electron chi connectivity index (χ0n) is 21.5. The minimum Gasteiger partial charge on any atom is -0.496 e. The lowest BCUT2D eigenvalue weighted by Crippen LogP contribution is -2.46. The van der Waals surface area contributed by atoms with Crippen molar-refractivity contribution in [3.63, 3.8) is 0 Å². The first-order valence-corrected chi connectivity index (χ1v) is 12.1. The summed E-state index contributed by atoms with van der Waals surface area (Å²) in [5, 5.41) is 0. The number of H-pyrrole nitrogens is 1. The molecule has 0 radical (unpaired) electrons. The van der Waals surface area contributed by atoms with Crippen molar-refractivity contribution in [3.05, 3.63) is 52.3 Å². The van der Waals surface area contributed by atoms with Crippen LogP contribution in [0.1, 0.15) is 76.3 Å². The number of rotatable bonds is 10. The Morgan fingerprint density at radius 2 is 1.86 bits per heavy atom. The van der Waals surface area contributed by atoms with Gasteiger partial charge in [-0.05, 0) is 38.3 Å². The van der Waals surface area contributed by atoms with E-state index < -0.39 is 36.3 Å². The summed E-state index contributed by atoms with van der Waals surface area (Å²) in [6.07, 6.45) is 2.23. The number of aryl methyl sites for hydroxylation is 1. The van der Waals surface area contributed by atoms with E-state index in [0.29, 0.717) is 35.5 Å². The van der Waals surface area contributed by atoms with Crippen molar-refractivity contribution in [1.82, 2.24) is 9.88 Å². The van der Waals surface area contributed by atoms with E-state index in [1.165, 1.54) is 7.11 Å². The number of unbranched alkanes of at least 4 members (excludes halogenated alkanes) is 1.